The number of nitrogens with zero attached hydrogens (tertiary/aromatic N) is 2. The number of methoxy groups -OCH3 is 1. The summed E-state index contributed by atoms with van der Waals surface area (Å²) in [6.45, 7) is 4.20. The molecule has 0 atom stereocenters. The Kier molecular flexibility index (Phi) is 7.49. The summed E-state index contributed by atoms with van der Waals surface area (Å²) in [5.74, 6) is 0.604. The van der Waals surface area contributed by atoms with Crippen LogP contribution in [0.25, 0.3) is 0 Å². The number of carbonyl (C=O) groups excluding carboxylic acids is 1. The minimum Gasteiger partial charge on any atom is -0.469 e. The molecule has 0 spiro atoms. The molecular formula is C15H22IN3O2. The molecule has 2 rings (SSSR count). The number of ether oxygens (including phenoxy) is 1. The molecule has 0 radical (unpaired) electrons. The van der Waals surface area contributed by atoms with Crippen molar-refractivity contribution in [1.29, 1.82) is 0 Å². The van der Waals surface area contributed by atoms with Gasteiger partial charge in [0.2, 0.25) is 0 Å². The number of para-hydroxylation sites is 1. The predicted molar refractivity (Wildman–Crippen MR) is 95.5 cm³/mol. The van der Waals surface area contributed by atoms with E-state index >= 15 is 0 Å². The van der Waals surface area contributed by atoms with Crippen LogP contribution in [0, 0.1) is 0 Å². The van der Waals surface area contributed by atoms with Crippen LogP contribution < -0.4 is 10.2 Å². The van der Waals surface area contributed by atoms with Crippen molar-refractivity contribution in [3.05, 3.63) is 29.8 Å². The van der Waals surface area contributed by atoms with Gasteiger partial charge in [-0.15, -0.1) is 24.0 Å². The third-order valence-corrected chi connectivity index (χ3v) is 3.28. The van der Waals surface area contributed by atoms with E-state index in [4.69, 9.17) is 0 Å². The van der Waals surface area contributed by atoms with Gasteiger partial charge in [0.15, 0.2) is 5.96 Å². The Bertz CT molecular complexity index is 505. The highest BCUT2D eigenvalue weighted by molar-refractivity contribution is 14.0. The van der Waals surface area contributed by atoms with E-state index in [0.29, 0.717) is 13.0 Å². The second kappa shape index (κ2) is 8.86. The highest BCUT2D eigenvalue weighted by atomic mass is 127. The average Bonchev–Trinajstić information content (AvgIpc) is 2.90. The van der Waals surface area contributed by atoms with Crippen LogP contribution >= 0.6 is 24.0 Å². The van der Waals surface area contributed by atoms with Crippen LogP contribution in [-0.2, 0) is 16.0 Å². The number of carbonyl (C=O) groups is 1. The molecule has 0 amide bonds. The predicted octanol–water partition coefficient (Wildman–Crippen LogP) is 2.20. The number of benzene rings is 1. The zero-order valence-electron chi connectivity index (χ0n) is 12.5. The second-order valence-corrected chi connectivity index (χ2v) is 4.59. The first-order valence-corrected chi connectivity index (χ1v) is 6.96. The van der Waals surface area contributed by atoms with Gasteiger partial charge in [-0.2, -0.15) is 0 Å². The van der Waals surface area contributed by atoms with E-state index < -0.39 is 0 Å². The van der Waals surface area contributed by atoms with E-state index in [2.05, 4.69) is 38.1 Å². The van der Waals surface area contributed by atoms with Crippen molar-refractivity contribution < 1.29 is 9.53 Å². The Morgan fingerprint density at radius 3 is 2.90 bits per heavy atom. The Morgan fingerprint density at radius 2 is 2.19 bits per heavy atom. The largest absolute Gasteiger partial charge is 0.469 e. The van der Waals surface area contributed by atoms with E-state index in [9.17, 15) is 4.79 Å². The van der Waals surface area contributed by atoms with Crippen LogP contribution in [0.4, 0.5) is 5.69 Å². The maximum atomic E-state index is 11.1. The maximum absolute atomic E-state index is 11.1. The highest BCUT2D eigenvalue weighted by Crippen LogP contribution is 2.27. The summed E-state index contributed by atoms with van der Waals surface area (Å²) in [6, 6.07) is 8.35. The smallest absolute Gasteiger partial charge is 0.307 e. The molecule has 0 aromatic heterocycles. The molecule has 0 saturated heterocycles. The normalized spacial score (nSPS) is 13.4. The van der Waals surface area contributed by atoms with Gasteiger partial charge >= 0.3 is 5.97 Å². The Balaban J connectivity index is 0.00000220. The standard InChI is InChI=1S/C15H21N3O2.HI/c1-3-16-15(17-10-8-14(19)20-2)18-11-9-12-6-4-5-7-13(12)18;/h4-7H,3,8-11H2,1-2H3,(H,16,17);1H. The zero-order valence-corrected chi connectivity index (χ0v) is 14.8. The fourth-order valence-electron chi connectivity index (χ4n) is 2.31. The number of hydrogen-bond acceptors (Lipinski definition) is 3. The molecule has 0 unspecified atom stereocenters. The minimum absolute atomic E-state index is 0. The van der Waals surface area contributed by atoms with Crippen LogP contribution in [-0.4, -0.2) is 38.7 Å². The summed E-state index contributed by atoms with van der Waals surface area (Å²) in [5.41, 5.74) is 2.54. The third kappa shape index (κ3) is 4.59. The summed E-state index contributed by atoms with van der Waals surface area (Å²) in [7, 11) is 1.40. The van der Waals surface area contributed by atoms with E-state index in [1.54, 1.807) is 0 Å². The van der Waals surface area contributed by atoms with Gasteiger partial charge < -0.3 is 15.0 Å². The van der Waals surface area contributed by atoms with E-state index in [1.807, 2.05) is 13.0 Å². The molecule has 1 aliphatic rings. The molecule has 5 nitrogen and oxygen atoms in total. The third-order valence-electron chi connectivity index (χ3n) is 3.28. The number of anilines is 1. The van der Waals surface area contributed by atoms with Crippen LogP contribution in [0.2, 0.25) is 0 Å². The molecule has 1 aromatic carbocycles. The average molecular weight is 403 g/mol. The molecule has 0 saturated carbocycles. The van der Waals surface area contributed by atoms with Gasteiger partial charge in [-0.05, 0) is 25.0 Å². The van der Waals surface area contributed by atoms with Gasteiger partial charge in [0.25, 0.3) is 0 Å². The lowest BCUT2D eigenvalue weighted by Crippen LogP contribution is -2.40. The lowest BCUT2D eigenvalue weighted by molar-refractivity contribution is -0.140. The van der Waals surface area contributed by atoms with Crippen molar-refractivity contribution in [3.8, 4) is 0 Å². The van der Waals surface area contributed by atoms with Crippen molar-refractivity contribution >= 4 is 41.6 Å². The highest BCUT2D eigenvalue weighted by Gasteiger charge is 2.22. The molecule has 0 fully saturated rings. The van der Waals surface area contributed by atoms with Gasteiger partial charge in [0.05, 0.1) is 20.1 Å². The van der Waals surface area contributed by atoms with Gasteiger partial charge in [-0.3, -0.25) is 9.79 Å². The van der Waals surface area contributed by atoms with Gasteiger partial charge in [-0.25, -0.2) is 0 Å². The fourth-order valence-corrected chi connectivity index (χ4v) is 2.31. The van der Waals surface area contributed by atoms with Crippen molar-refractivity contribution in [2.75, 3.05) is 31.6 Å². The number of nitrogens with one attached hydrogen (secondary N) is 1. The summed E-state index contributed by atoms with van der Waals surface area (Å²) in [6.07, 6.45) is 1.33. The zero-order chi connectivity index (χ0) is 14.4. The lowest BCUT2D eigenvalue weighted by atomic mass is 10.2. The number of esters is 1. The molecule has 1 aliphatic heterocycles. The van der Waals surface area contributed by atoms with E-state index in [0.717, 1.165) is 25.5 Å². The van der Waals surface area contributed by atoms with Crippen molar-refractivity contribution in [2.45, 2.75) is 19.8 Å². The first-order valence-electron chi connectivity index (χ1n) is 6.96. The molecule has 1 heterocycles. The molecule has 21 heavy (non-hydrogen) atoms. The quantitative estimate of drug-likeness (QED) is 0.363. The Morgan fingerprint density at radius 1 is 1.43 bits per heavy atom. The first-order chi connectivity index (χ1) is 9.76. The monoisotopic (exact) mass is 403 g/mol. The molecular weight excluding hydrogens is 381 g/mol. The molecule has 6 heteroatoms. The Labute approximate surface area is 142 Å². The maximum Gasteiger partial charge on any atom is 0.307 e. The van der Waals surface area contributed by atoms with Gasteiger partial charge in [-0.1, -0.05) is 18.2 Å². The van der Waals surface area contributed by atoms with Gasteiger partial charge in [0.1, 0.15) is 0 Å². The molecule has 0 aliphatic carbocycles. The summed E-state index contributed by atoms with van der Waals surface area (Å²) < 4.78 is 4.63. The minimum atomic E-state index is -0.230. The SMILES string of the molecule is CCNC(=NCCC(=O)OC)N1CCc2ccccc21.I. The number of rotatable bonds is 4. The molecule has 1 N–H and O–H groups in total. The first kappa shape index (κ1) is 17.7. The second-order valence-electron chi connectivity index (χ2n) is 4.59. The van der Waals surface area contributed by atoms with Crippen molar-refractivity contribution in [3.63, 3.8) is 0 Å². The van der Waals surface area contributed by atoms with Crippen LogP contribution in [0.5, 0.6) is 0 Å². The lowest BCUT2D eigenvalue weighted by Gasteiger charge is -2.22. The molecule has 116 valence electrons. The van der Waals surface area contributed by atoms with E-state index in [1.165, 1.54) is 18.4 Å². The number of hydrogen-bond donors (Lipinski definition) is 1. The number of guanidine groups is 1. The topological polar surface area (TPSA) is 53.9 Å². The Hall–Kier alpha value is -1.31. The number of aliphatic imine (C=N–C) groups is 1. The summed E-state index contributed by atoms with van der Waals surface area (Å²) in [5, 5.41) is 3.28. The van der Waals surface area contributed by atoms with Crippen LogP contribution in [0.1, 0.15) is 18.9 Å². The fraction of sp³-hybridized carbons (Fsp3) is 0.467. The summed E-state index contributed by atoms with van der Waals surface area (Å²) >= 11 is 0. The number of halogens is 1. The number of fused-ring (bicyclic) bond motifs is 1. The van der Waals surface area contributed by atoms with Crippen LogP contribution in [0.3, 0.4) is 0 Å². The van der Waals surface area contributed by atoms with Crippen molar-refractivity contribution in [2.24, 2.45) is 4.99 Å². The van der Waals surface area contributed by atoms with E-state index in [-0.39, 0.29) is 29.9 Å². The summed E-state index contributed by atoms with van der Waals surface area (Å²) in [4.78, 5) is 17.8. The molecule has 0 bridgehead atoms. The van der Waals surface area contributed by atoms with Crippen molar-refractivity contribution in [1.82, 2.24) is 5.32 Å². The van der Waals surface area contributed by atoms with Gasteiger partial charge in [0, 0.05) is 18.8 Å². The molecule has 1 aromatic rings. The van der Waals surface area contributed by atoms with Crippen LogP contribution in [0.15, 0.2) is 29.3 Å².